The molecule has 7 nitrogen and oxygen atoms in total. The van der Waals surface area contributed by atoms with Crippen LogP contribution in [0.2, 0.25) is 0 Å². The molecule has 0 N–H and O–H groups in total. The average molecular weight is 579 g/mol. The Bertz CT molecular complexity index is 1350. The van der Waals surface area contributed by atoms with Gasteiger partial charge < -0.3 is 19.1 Å². The number of rotatable bonds is 7. The van der Waals surface area contributed by atoms with Gasteiger partial charge in [0.15, 0.2) is 16.4 Å². The molecule has 1 aromatic heterocycles. The van der Waals surface area contributed by atoms with Crippen molar-refractivity contribution in [3.63, 3.8) is 0 Å². The zero-order chi connectivity index (χ0) is 29.2. The minimum atomic E-state index is -4.70. The number of benzene rings is 2. The number of anilines is 2. The lowest BCUT2D eigenvalue weighted by Gasteiger charge is -2.44. The first-order valence-electron chi connectivity index (χ1n) is 12.6. The first kappa shape index (κ1) is 29.6. The minimum absolute atomic E-state index is 0.00933. The molecule has 0 spiro atoms. The van der Waals surface area contributed by atoms with Gasteiger partial charge in [0.2, 0.25) is 5.95 Å². The fourth-order valence-electron chi connectivity index (χ4n) is 4.78. The molecule has 1 fully saturated rings. The highest BCUT2D eigenvalue weighted by molar-refractivity contribution is 7.90. The number of nitrogens with zero attached hydrogens (tertiary/aromatic N) is 4. The molecule has 2 atom stereocenters. The average Bonchev–Trinajstić information content (AvgIpc) is 2.92. The SMILES string of the molecule is COC(=O)c1ccc(Cc2cnc(N3CCN(c4ccc(F)c([S+](C)[O-])c4)CC3C(C)C)nc2C(F)(F)F)cc1. The maximum Gasteiger partial charge on any atom is 0.433 e. The number of alkyl halides is 3. The first-order valence-corrected chi connectivity index (χ1v) is 14.2. The molecule has 214 valence electrons. The number of piperazine rings is 1. The Morgan fingerprint density at radius 1 is 1.18 bits per heavy atom. The predicted octanol–water partition coefficient (Wildman–Crippen LogP) is 5.10. The number of hydrogen-bond donors (Lipinski definition) is 0. The molecule has 2 aromatic carbocycles. The highest BCUT2D eigenvalue weighted by atomic mass is 32.2. The summed E-state index contributed by atoms with van der Waals surface area (Å²) in [6, 6.07) is 10.4. The maximum atomic E-state index is 14.2. The third-order valence-electron chi connectivity index (χ3n) is 6.92. The van der Waals surface area contributed by atoms with Crippen molar-refractivity contribution < 1.29 is 31.6 Å². The van der Waals surface area contributed by atoms with Crippen LogP contribution >= 0.6 is 0 Å². The van der Waals surface area contributed by atoms with Crippen LogP contribution in [0.4, 0.5) is 29.2 Å². The van der Waals surface area contributed by atoms with Crippen LogP contribution in [0.1, 0.15) is 41.0 Å². The van der Waals surface area contributed by atoms with E-state index >= 15 is 0 Å². The highest BCUT2D eigenvalue weighted by Crippen LogP contribution is 2.34. The number of carbonyl (C=O) groups is 1. The summed E-state index contributed by atoms with van der Waals surface area (Å²) in [4.78, 5) is 23.9. The van der Waals surface area contributed by atoms with E-state index in [4.69, 9.17) is 0 Å². The van der Waals surface area contributed by atoms with E-state index in [-0.39, 0.29) is 34.8 Å². The van der Waals surface area contributed by atoms with Crippen LogP contribution in [-0.4, -0.2) is 59.5 Å². The molecule has 0 aliphatic carbocycles. The van der Waals surface area contributed by atoms with Crippen molar-refractivity contribution in [2.45, 2.75) is 37.4 Å². The Balaban J connectivity index is 1.60. The Labute approximate surface area is 233 Å². The van der Waals surface area contributed by atoms with Gasteiger partial charge in [-0.2, -0.15) is 13.2 Å². The Kier molecular flexibility index (Phi) is 8.89. The number of hydrogen-bond acceptors (Lipinski definition) is 7. The molecule has 4 rings (SSSR count). The van der Waals surface area contributed by atoms with Gasteiger partial charge in [-0.1, -0.05) is 26.0 Å². The molecule has 12 heteroatoms. The summed E-state index contributed by atoms with van der Waals surface area (Å²) in [5.74, 6) is -1.05. The van der Waals surface area contributed by atoms with E-state index in [2.05, 4.69) is 14.7 Å². The lowest BCUT2D eigenvalue weighted by Crippen LogP contribution is -2.56. The number of ether oxygens (including phenoxy) is 1. The summed E-state index contributed by atoms with van der Waals surface area (Å²) in [6.07, 6.45) is -2.14. The van der Waals surface area contributed by atoms with Crippen molar-refractivity contribution in [1.82, 2.24) is 9.97 Å². The van der Waals surface area contributed by atoms with E-state index < -0.39 is 34.8 Å². The van der Waals surface area contributed by atoms with Gasteiger partial charge in [0, 0.05) is 49.6 Å². The Morgan fingerprint density at radius 2 is 1.88 bits per heavy atom. The van der Waals surface area contributed by atoms with Crippen LogP contribution in [-0.2, 0) is 28.5 Å². The van der Waals surface area contributed by atoms with Gasteiger partial charge in [0.1, 0.15) is 6.26 Å². The summed E-state index contributed by atoms with van der Waals surface area (Å²) in [5.41, 5.74) is 0.478. The molecule has 0 saturated carbocycles. The summed E-state index contributed by atoms with van der Waals surface area (Å²) in [5, 5.41) is 0. The Morgan fingerprint density at radius 3 is 2.48 bits per heavy atom. The van der Waals surface area contributed by atoms with Gasteiger partial charge in [-0.15, -0.1) is 0 Å². The van der Waals surface area contributed by atoms with Crippen molar-refractivity contribution >= 4 is 28.8 Å². The van der Waals surface area contributed by atoms with Crippen molar-refractivity contribution in [1.29, 1.82) is 0 Å². The molecule has 2 heterocycles. The van der Waals surface area contributed by atoms with E-state index in [0.717, 1.165) is 0 Å². The van der Waals surface area contributed by atoms with Crippen molar-refractivity contribution in [2.75, 3.05) is 42.8 Å². The second-order valence-corrected chi connectivity index (χ2v) is 11.3. The van der Waals surface area contributed by atoms with Crippen LogP contribution in [0.5, 0.6) is 0 Å². The molecule has 0 bridgehead atoms. The lowest BCUT2D eigenvalue weighted by molar-refractivity contribution is -0.141. The highest BCUT2D eigenvalue weighted by Gasteiger charge is 2.38. The number of halogens is 4. The van der Waals surface area contributed by atoms with Gasteiger partial charge in [0.05, 0.1) is 18.7 Å². The lowest BCUT2D eigenvalue weighted by atomic mass is 9.99. The van der Waals surface area contributed by atoms with Crippen molar-refractivity contribution in [2.24, 2.45) is 5.92 Å². The van der Waals surface area contributed by atoms with E-state index in [1.807, 2.05) is 18.7 Å². The van der Waals surface area contributed by atoms with E-state index in [9.17, 15) is 26.9 Å². The molecule has 1 aliphatic rings. The number of carbonyl (C=O) groups excluding carboxylic acids is 1. The number of methoxy groups -OCH3 is 1. The van der Waals surface area contributed by atoms with E-state index in [1.165, 1.54) is 37.8 Å². The van der Waals surface area contributed by atoms with E-state index in [0.29, 0.717) is 36.4 Å². The zero-order valence-electron chi connectivity index (χ0n) is 22.5. The Hall–Kier alpha value is -3.38. The van der Waals surface area contributed by atoms with Gasteiger partial charge in [0.25, 0.3) is 0 Å². The second-order valence-electron chi connectivity index (χ2n) is 9.93. The zero-order valence-corrected chi connectivity index (χ0v) is 23.4. The van der Waals surface area contributed by atoms with Crippen molar-refractivity contribution in [3.05, 3.63) is 76.9 Å². The molecular weight excluding hydrogens is 548 g/mol. The normalized spacial score (nSPS) is 16.8. The topological polar surface area (TPSA) is 81.6 Å². The van der Waals surface area contributed by atoms with Crippen LogP contribution in [0.3, 0.4) is 0 Å². The summed E-state index contributed by atoms with van der Waals surface area (Å²) < 4.78 is 73.2. The van der Waals surface area contributed by atoms with Crippen LogP contribution in [0.15, 0.2) is 53.6 Å². The second kappa shape index (κ2) is 12.0. The van der Waals surface area contributed by atoms with E-state index in [1.54, 1.807) is 29.2 Å². The van der Waals surface area contributed by atoms with Gasteiger partial charge in [-0.05, 0) is 46.9 Å². The largest absolute Gasteiger partial charge is 0.612 e. The summed E-state index contributed by atoms with van der Waals surface area (Å²) >= 11 is -1.50. The smallest absolute Gasteiger partial charge is 0.433 e. The third kappa shape index (κ3) is 6.49. The standard InChI is InChI=1S/C28H30F4N4O3S/c1-17(2)23-16-35(21-9-10-22(29)24(14-21)40(4)38)11-12-36(23)27-33-15-20(25(34-27)28(30,31)32)13-18-5-7-19(8-6-18)26(37)39-3/h5-10,14-15,17,23H,11-13,16H2,1-4H3. The van der Waals surface area contributed by atoms with Crippen LogP contribution in [0.25, 0.3) is 0 Å². The molecular formula is C28H30F4N4O3S. The van der Waals surface area contributed by atoms with Crippen LogP contribution < -0.4 is 9.80 Å². The fraction of sp³-hybridized carbons (Fsp3) is 0.393. The molecule has 2 unspecified atom stereocenters. The summed E-state index contributed by atoms with van der Waals surface area (Å²) in [6.45, 7) is 5.16. The summed E-state index contributed by atoms with van der Waals surface area (Å²) in [7, 11) is 1.25. The number of esters is 1. The molecule has 1 saturated heterocycles. The molecule has 0 amide bonds. The third-order valence-corrected chi connectivity index (χ3v) is 7.86. The quantitative estimate of drug-likeness (QED) is 0.219. The van der Waals surface area contributed by atoms with Crippen molar-refractivity contribution in [3.8, 4) is 0 Å². The number of aromatic nitrogens is 2. The molecule has 3 aromatic rings. The predicted molar refractivity (Wildman–Crippen MR) is 145 cm³/mol. The maximum absolute atomic E-state index is 14.2. The van der Waals surface area contributed by atoms with Gasteiger partial charge in [-0.25, -0.2) is 19.2 Å². The van der Waals surface area contributed by atoms with Crippen LogP contribution in [0, 0.1) is 11.7 Å². The first-order chi connectivity index (χ1) is 18.9. The van der Waals surface area contributed by atoms with Gasteiger partial charge in [-0.3, -0.25) is 0 Å². The molecule has 0 radical (unpaired) electrons. The minimum Gasteiger partial charge on any atom is -0.612 e. The van der Waals surface area contributed by atoms with Gasteiger partial charge >= 0.3 is 12.1 Å². The molecule has 40 heavy (non-hydrogen) atoms. The monoisotopic (exact) mass is 578 g/mol. The molecule has 1 aliphatic heterocycles. The fourth-order valence-corrected chi connectivity index (χ4v) is 5.41.